The van der Waals surface area contributed by atoms with E-state index in [4.69, 9.17) is 11.6 Å². The maximum absolute atomic E-state index is 13.9. The first kappa shape index (κ1) is 17.2. The largest absolute Gasteiger partial charge is 0.342 e. The standard InChI is InChI=1S/C19H17ClFN3O/c1-24-11-10-22-19(24)18(13-6-3-2-4-7-13)23-17(25)12-14-15(20)8-5-9-16(14)21/h2-11,18H,12H2,1H3,(H,23,25)/t18-/m1/s1. The van der Waals surface area contributed by atoms with Crippen LogP contribution in [0.5, 0.6) is 0 Å². The zero-order valence-corrected chi connectivity index (χ0v) is 14.4. The van der Waals surface area contributed by atoms with Crippen LogP contribution in [0, 0.1) is 5.82 Å². The molecule has 6 heteroatoms. The molecule has 2 aromatic carbocycles. The number of hydrogen-bond donors (Lipinski definition) is 1. The highest BCUT2D eigenvalue weighted by Gasteiger charge is 2.21. The molecular weight excluding hydrogens is 341 g/mol. The average Bonchev–Trinajstić information content (AvgIpc) is 3.03. The third-order valence-electron chi connectivity index (χ3n) is 3.95. The number of benzene rings is 2. The number of hydrogen-bond acceptors (Lipinski definition) is 2. The van der Waals surface area contributed by atoms with Crippen LogP contribution in [0.15, 0.2) is 60.9 Å². The van der Waals surface area contributed by atoms with E-state index in [9.17, 15) is 9.18 Å². The fourth-order valence-electron chi connectivity index (χ4n) is 2.67. The van der Waals surface area contributed by atoms with Crippen molar-refractivity contribution in [3.63, 3.8) is 0 Å². The summed E-state index contributed by atoms with van der Waals surface area (Å²) >= 11 is 6.02. The predicted molar refractivity (Wildman–Crippen MR) is 94.7 cm³/mol. The summed E-state index contributed by atoms with van der Waals surface area (Å²) in [7, 11) is 1.86. The van der Waals surface area contributed by atoms with Crippen molar-refractivity contribution in [3.05, 3.63) is 88.7 Å². The third kappa shape index (κ3) is 3.88. The van der Waals surface area contributed by atoms with Crippen molar-refractivity contribution in [2.75, 3.05) is 0 Å². The Labute approximate surface area is 150 Å². The van der Waals surface area contributed by atoms with Crippen LogP contribution in [0.4, 0.5) is 4.39 Å². The minimum atomic E-state index is -0.490. The summed E-state index contributed by atoms with van der Waals surface area (Å²) in [4.78, 5) is 16.9. The van der Waals surface area contributed by atoms with Gasteiger partial charge in [-0.2, -0.15) is 0 Å². The monoisotopic (exact) mass is 357 g/mol. The number of rotatable bonds is 5. The third-order valence-corrected chi connectivity index (χ3v) is 4.31. The van der Waals surface area contributed by atoms with Gasteiger partial charge >= 0.3 is 0 Å². The second kappa shape index (κ2) is 7.49. The van der Waals surface area contributed by atoms with Crippen molar-refractivity contribution in [1.82, 2.24) is 14.9 Å². The molecule has 25 heavy (non-hydrogen) atoms. The summed E-state index contributed by atoms with van der Waals surface area (Å²) in [6.07, 6.45) is 3.34. The lowest BCUT2D eigenvalue weighted by Crippen LogP contribution is -2.32. The highest BCUT2D eigenvalue weighted by molar-refractivity contribution is 6.31. The number of carbonyl (C=O) groups is 1. The number of nitrogens with zero attached hydrogens (tertiary/aromatic N) is 2. The van der Waals surface area contributed by atoms with Crippen LogP contribution in [0.1, 0.15) is 23.0 Å². The second-order valence-electron chi connectivity index (χ2n) is 5.68. The van der Waals surface area contributed by atoms with Gasteiger partial charge in [0.15, 0.2) is 0 Å². The van der Waals surface area contributed by atoms with Crippen molar-refractivity contribution < 1.29 is 9.18 Å². The van der Waals surface area contributed by atoms with Crippen molar-refractivity contribution in [2.24, 2.45) is 7.05 Å². The van der Waals surface area contributed by atoms with Gasteiger partial charge in [0.25, 0.3) is 0 Å². The molecule has 1 atom stereocenters. The smallest absolute Gasteiger partial charge is 0.225 e. The highest BCUT2D eigenvalue weighted by atomic mass is 35.5. The number of amides is 1. The Hall–Kier alpha value is -2.66. The zero-order chi connectivity index (χ0) is 17.8. The van der Waals surface area contributed by atoms with Crippen LogP contribution in [0.25, 0.3) is 0 Å². The van der Waals surface area contributed by atoms with E-state index in [1.807, 2.05) is 48.1 Å². The summed E-state index contributed by atoms with van der Waals surface area (Å²) in [6, 6.07) is 13.5. The number of nitrogens with one attached hydrogen (secondary N) is 1. The molecule has 0 fully saturated rings. The summed E-state index contributed by atoms with van der Waals surface area (Å²) in [5, 5.41) is 3.17. The van der Waals surface area contributed by atoms with Crippen LogP contribution in [-0.4, -0.2) is 15.5 Å². The molecule has 1 N–H and O–H groups in total. The van der Waals surface area contributed by atoms with Crippen LogP contribution >= 0.6 is 11.6 Å². The Kier molecular flexibility index (Phi) is 5.14. The van der Waals surface area contributed by atoms with Crippen LogP contribution < -0.4 is 5.32 Å². The van der Waals surface area contributed by atoms with Crippen LogP contribution in [-0.2, 0) is 18.3 Å². The quantitative estimate of drug-likeness (QED) is 0.757. The molecule has 1 heterocycles. The molecule has 0 spiro atoms. The Balaban J connectivity index is 1.86. The summed E-state index contributed by atoms with van der Waals surface area (Å²) < 4.78 is 15.8. The molecule has 1 amide bonds. The molecule has 1 aromatic heterocycles. The normalized spacial score (nSPS) is 12.0. The van der Waals surface area contributed by atoms with Crippen molar-refractivity contribution in [2.45, 2.75) is 12.5 Å². The maximum Gasteiger partial charge on any atom is 0.225 e. The molecule has 0 aliphatic carbocycles. The van der Waals surface area contributed by atoms with E-state index in [2.05, 4.69) is 10.3 Å². The van der Waals surface area contributed by atoms with Gasteiger partial charge in [0.05, 0.1) is 6.42 Å². The van der Waals surface area contributed by atoms with E-state index in [1.165, 1.54) is 12.1 Å². The molecule has 0 saturated heterocycles. The first-order valence-electron chi connectivity index (χ1n) is 7.80. The summed E-state index contributed by atoms with van der Waals surface area (Å²) in [5.41, 5.74) is 1.08. The van der Waals surface area contributed by atoms with Gasteiger partial charge in [-0.05, 0) is 17.7 Å². The Morgan fingerprint density at radius 2 is 2.00 bits per heavy atom. The summed E-state index contributed by atoms with van der Waals surface area (Å²) in [6.45, 7) is 0. The van der Waals surface area contributed by atoms with E-state index in [0.29, 0.717) is 5.82 Å². The lowest BCUT2D eigenvalue weighted by Gasteiger charge is -2.19. The Bertz CT molecular complexity index is 859. The van der Waals surface area contributed by atoms with Gasteiger partial charge in [-0.3, -0.25) is 4.79 Å². The van der Waals surface area contributed by atoms with Gasteiger partial charge < -0.3 is 9.88 Å². The van der Waals surface area contributed by atoms with E-state index < -0.39 is 11.9 Å². The van der Waals surface area contributed by atoms with E-state index >= 15 is 0 Å². The average molecular weight is 358 g/mol. The van der Waals surface area contributed by atoms with Crippen molar-refractivity contribution >= 4 is 17.5 Å². The molecule has 128 valence electrons. The van der Waals surface area contributed by atoms with E-state index in [0.717, 1.165) is 5.56 Å². The molecule has 3 aromatic rings. The molecule has 0 saturated carbocycles. The number of imidazole rings is 1. The number of aromatic nitrogens is 2. The molecule has 0 aliphatic heterocycles. The minimum Gasteiger partial charge on any atom is -0.342 e. The zero-order valence-electron chi connectivity index (χ0n) is 13.6. The fourth-order valence-corrected chi connectivity index (χ4v) is 2.90. The van der Waals surface area contributed by atoms with Gasteiger partial charge in [-0.15, -0.1) is 0 Å². The topological polar surface area (TPSA) is 46.9 Å². The molecule has 4 nitrogen and oxygen atoms in total. The lowest BCUT2D eigenvalue weighted by molar-refractivity contribution is -0.121. The van der Waals surface area contributed by atoms with Gasteiger partial charge in [-0.25, -0.2) is 9.37 Å². The SMILES string of the molecule is Cn1ccnc1[C@H](NC(=O)Cc1c(F)cccc1Cl)c1ccccc1. The highest BCUT2D eigenvalue weighted by Crippen LogP contribution is 2.22. The van der Waals surface area contributed by atoms with Crippen molar-refractivity contribution in [3.8, 4) is 0 Å². The number of aryl methyl sites for hydroxylation is 1. The van der Waals surface area contributed by atoms with E-state index in [1.54, 1.807) is 12.3 Å². The Morgan fingerprint density at radius 3 is 2.64 bits per heavy atom. The first-order chi connectivity index (χ1) is 12.1. The fraction of sp³-hybridized carbons (Fsp3) is 0.158. The van der Waals surface area contributed by atoms with Crippen LogP contribution in [0.3, 0.4) is 0 Å². The predicted octanol–water partition coefficient (Wildman–Crippen LogP) is 3.66. The molecule has 0 bridgehead atoms. The molecule has 0 unspecified atom stereocenters. The van der Waals surface area contributed by atoms with Crippen LogP contribution in [0.2, 0.25) is 5.02 Å². The van der Waals surface area contributed by atoms with Crippen molar-refractivity contribution in [1.29, 1.82) is 0 Å². The molecule has 0 radical (unpaired) electrons. The second-order valence-corrected chi connectivity index (χ2v) is 6.09. The number of carbonyl (C=O) groups excluding carboxylic acids is 1. The molecule has 0 aliphatic rings. The first-order valence-corrected chi connectivity index (χ1v) is 8.18. The van der Waals surface area contributed by atoms with Gasteiger partial charge in [0.1, 0.15) is 17.7 Å². The van der Waals surface area contributed by atoms with E-state index in [-0.39, 0.29) is 22.9 Å². The lowest BCUT2D eigenvalue weighted by atomic mass is 10.0. The number of halogens is 2. The maximum atomic E-state index is 13.9. The summed E-state index contributed by atoms with van der Waals surface area (Å²) in [5.74, 6) is -0.126. The Morgan fingerprint density at radius 1 is 1.24 bits per heavy atom. The molecular formula is C19H17ClFN3O. The molecule has 3 rings (SSSR count). The minimum absolute atomic E-state index is 0.140. The van der Waals surface area contributed by atoms with Gasteiger partial charge in [0, 0.05) is 30.0 Å². The van der Waals surface area contributed by atoms with Gasteiger partial charge in [-0.1, -0.05) is 48.0 Å². The van der Waals surface area contributed by atoms with Gasteiger partial charge in [0.2, 0.25) is 5.91 Å².